The first-order valence-electron chi connectivity index (χ1n) is 6.96. The molecule has 0 atom stereocenters. The first kappa shape index (κ1) is 21.9. The Hall–Kier alpha value is -2.15. The lowest BCUT2D eigenvalue weighted by atomic mass is 10.2. The molecule has 0 fully saturated rings. The van der Waals surface area contributed by atoms with Crippen LogP contribution in [0.25, 0.3) is 0 Å². The number of nitrogens with zero attached hydrogens (tertiary/aromatic N) is 2. The second kappa shape index (κ2) is 12.3. The molecule has 24 heavy (non-hydrogen) atoms. The molecule has 0 aliphatic rings. The van der Waals surface area contributed by atoms with E-state index in [2.05, 4.69) is 15.7 Å². The van der Waals surface area contributed by atoms with Crippen LogP contribution in [0.15, 0.2) is 10.4 Å². The van der Waals surface area contributed by atoms with Gasteiger partial charge in [0.15, 0.2) is 0 Å². The maximum atomic E-state index is 10.7. The molecule has 0 aliphatic carbocycles. The van der Waals surface area contributed by atoms with Crippen molar-refractivity contribution in [3.8, 4) is 0 Å². The molecule has 2 amide bonds. The second-order valence-corrected chi connectivity index (χ2v) is 4.80. The molecule has 0 rings (SSSR count). The molecule has 0 bridgehead atoms. The van der Waals surface area contributed by atoms with Gasteiger partial charge in [0.05, 0.1) is 45.7 Å². The summed E-state index contributed by atoms with van der Waals surface area (Å²) in [6.07, 6.45) is -0.621. The summed E-state index contributed by atoms with van der Waals surface area (Å²) < 4.78 is 10.3. The number of amides is 2. The van der Waals surface area contributed by atoms with Crippen LogP contribution in [0.2, 0.25) is 0 Å². The quantitative estimate of drug-likeness (QED) is 0.202. The standard InChI is InChI=1S/C12H20N4O8/c13-12(14-4-1-11(19)20,7-23-5-2-9(17)15-21)8-24-6-3-10(18)16-22/h14H,1-8,13H2,(H,19,20). The summed E-state index contributed by atoms with van der Waals surface area (Å²) in [7, 11) is 0. The van der Waals surface area contributed by atoms with Crippen molar-refractivity contribution in [3.05, 3.63) is 9.81 Å². The number of nitrogens with two attached hydrogens (primary N) is 1. The summed E-state index contributed by atoms with van der Waals surface area (Å²) in [5, 5.41) is 15.8. The van der Waals surface area contributed by atoms with Crippen LogP contribution in [0, 0.1) is 9.81 Å². The van der Waals surface area contributed by atoms with Crippen LogP contribution < -0.4 is 11.1 Å². The SMILES string of the molecule is NC(COCCC(=O)N=O)(COCCC(=O)N=O)NCCC(=O)O. The lowest BCUT2D eigenvalue weighted by molar-refractivity contribution is -0.137. The highest BCUT2D eigenvalue weighted by Crippen LogP contribution is 2.02. The minimum Gasteiger partial charge on any atom is -0.481 e. The third-order valence-electron chi connectivity index (χ3n) is 2.66. The van der Waals surface area contributed by atoms with E-state index in [-0.39, 0.29) is 52.2 Å². The molecule has 4 N–H and O–H groups in total. The average Bonchev–Trinajstić information content (AvgIpc) is 2.54. The third kappa shape index (κ3) is 11.4. The molecule has 0 radical (unpaired) electrons. The molecular weight excluding hydrogens is 328 g/mol. The van der Waals surface area contributed by atoms with Crippen LogP contribution in [-0.2, 0) is 23.9 Å². The second-order valence-electron chi connectivity index (χ2n) is 4.80. The van der Waals surface area contributed by atoms with Gasteiger partial charge in [0, 0.05) is 16.9 Å². The van der Waals surface area contributed by atoms with Gasteiger partial charge in [0.2, 0.25) is 0 Å². The van der Waals surface area contributed by atoms with Gasteiger partial charge in [-0.15, -0.1) is 9.81 Å². The fourth-order valence-electron chi connectivity index (χ4n) is 1.48. The van der Waals surface area contributed by atoms with Crippen molar-refractivity contribution in [1.29, 1.82) is 0 Å². The van der Waals surface area contributed by atoms with E-state index in [1.54, 1.807) is 0 Å². The molecule has 136 valence electrons. The normalized spacial score (nSPS) is 11.0. The summed E-state index contributed by atoms with van der Waals surface area (Å²) in [4.78, 5) is 51.8. The van der Waals surface area contributed by atoms with Gasteiger partial charge in [0.25, 0.3) is 11.8 Å². The number of carbonyl (C=O) groups is 3. The monoisotopic (exact) mass is 348 g/mol. The van der Waals surface area contributed by atoms with Gasteiger partial charge in [-0.25, -0.2) is 0 Å². The van der Waals surface area contributed by atoms with Gasteiger partial charge in [0.1, 0.15) is 5.66 Å². The minimum atomic E-state index is -1.29. The van der Waals surface area contributed by atoms with Gasteiger partial charge in [-0.2, -0.15) is 0 Å². The molecule has 0 saturated heterocycles. The maximum absolute atomic E-state index is 10.7. The molecule has 0 spiro atoms. The van der Waals surface area contributed by atoms with E-state index in [0.29, 0.717) is 0 Å². The zero-order chi connectivity index (χ0) is 18.4. The Bertz CT molecular complexity index is 428. The zero-order valence-corrected chi connectivity index (χ0v) is 12.9. The van der Waals surface area contributed by atoms with Crippen LogP contribution in [-0.4, -0.2) is 61.5 Å². The molecule has 0 aromatic rings. The third-order valence-corrected chi connectivity index (χ3v) is 2.66. The van der Waals surface area contributed by atoms with Crippen molar-refractivity contribution in [3.63, 3.8) is 0 Å². The van der Waals surface area contributed by atoms with Gasteiger partial charge >= 0.3 is 5.97 Å². The predicted molar refractivity (Wildman–Crippen MR) is 79.6 cm³/mol. The van der Waals surface area contributed by atoms with Crippen LogP contribution in [0.1, 0.15) is 19.3 Å². The summed E-state index contributed by atoms with van der Waals surface area (Å²) >= 11 is 0. The number of nitroso groups, excluding NO2 is 2. The molecule has 0 aromatic carbocycles. The highest BCUT2D eigenvalue weighted by molar-refractivity contribution is 5.76. The molecule has 0 aliphatic heterocycles. The first-order chi connectivity index (χ1) is 11.3. The van der Waals surface area contributed by atoms with Crippen molar-refractivity contribution in [2.75, 3.05) is 33.0 Å². The Morgan fingerprint density at radius 3 is 1.79 bits per heavy atom. The number of hydrogen-bond donors (Lipinski definition) is 3. The largest absolute Gasteiger partial charge is 0.481 e. The lowest BCUT2D eigenvalue weighted by Crippen LogP contribution is -2.61. The Morgan fingerprint density at radius 1 is 0.958 bits per heavy atom. The van der Waals surface area contributed by atoms with Crippen LogP contribution in [0.3, 0.4) is 0 Å². The fraction of sp³-hybridized carbons (Fsp3) is 0.750. The minimum absolute atomic E-state index is 0.0300. The van der Waals surface area contributed by atoms with Gasteiger partial charge in [-0.3, -0.25) is 19.7 Å². The van der Waals surface area contributed by atoms with E-state index in [0.717, 1.165) is 0 Å². The molecule has 0 aromatic heterocycles. The molecular formula is C12H20N4O8. The highest BCUT2D eigenvalue weighted by atomic mass is 16.5. The number of carboxylic acid groups (broad SMARTS) is 1. The number of rotatable bonds is 14. The summed E-state index contributed by atoms with van der Waals surface area (Å²) in [6.45, 7) is -0.477. The fourth-order valence-corrected chi connectivity index (χ4v) is 1.48. The number of nitrogens with one attached hydrogen (secondary N) is 1. The zero-order valence-electron chi connectivity index (χ0n) is 12.9. The predicted octanol–water partition coefficient (Wildman–Crippen LogP) is -0.895. The summed E-state index contributed by atoms with van der Waals surface area (Å²) in [6, 6.07) is 0. The number of hydrogen-bond acceptors (Lipinski definition) is 9. The number of carbonyl (C=O) groups excluding carboxylic acids is 2. The Labute approximate surface area is 137 Å². The number of aliphatic carboxylic acids is 1. The number of carboxylic acids is 1. The molecule has 0 unspecified atom stereocenters. The molecule has 12 heteroatoms. The van der Waals surface area contributed by atoms with E-state index in [9.17, 15) is 24.2 Å². The number of ether oxygens (including phenoxy) is 2. The topological polar surface area (TPSA) is 187 Å². The van der Waals surface area contributed by atoms with E-state index in [1.165, 1.54) is 0 Å². The first-order valence-corrected chi connectivity index (χ1v) is 6.96. The van der Waals surface area contributed by atoms with Crippen molar-refractivity contribution in [1.82, 2.24) is 5.32 Å². The molecule has 0 heterocycles. The van der Waals surface area contributed by atoms with E-state index in [1.807, 2.05) is 0 Å². The van der Waals surface area contributed by atoms with Crippen LogP contribution >= 0.6 is 0 Å². The smallest absolute Gasteiger partial charge is 0.304 e. The lowest BCUT2D eigenvalue weighted by Gasteiger charge is -2.30. The molecule has 0 saturated carbocycles. The van der Waals surface area contributed by atoms with E-state index in [4.69, 9.17) is 20.3 Å². The van der Waals surface area contributed by atoms with Crippen molar-refractivity contribution in [2.24, 2.45) is 16.1 Å². The van der Waals surface area contributed by atoms with Crippen molar-refractivity contribution in [2.45, 2.75) is 24.9 Å². The molecule has 12 nitrogen and oxygen atoms in total. The van der Waals surface area contributed by atoms with E-state index >= 15 is 0 Å². The van der Waals surface area contributed by atoms with Gasteiger partial charge < -0.3 is 20.3 Å². The highest BCUT2D eigenvalue weighted by Gasteiger charge is 2.25. The van der Waals surface area contributed by atoms with Crippen molar-refractivity contribution < 1.29 is 29.0 Å². The Kier molecular flexibility index (Phi) is 11.2. The summed E-state index contributed by atoms with van der Waals surface area (Å²) in [5.74, 6) is -2.77. The average molecular weight is 348 g/mol. The van der Waals surface area contributed by atoms with Gasteiger partial charge in [-0.1, -0.05) is 0 Å². The summed E-state index contributed by atoms with van der Waals surface area (Å²) in [5.41, 5.74) is 4.70. The maximum Gasteiger partial charge on any atom is 0.304 e. The van der Waals surface area contributed by atoms with E-state index < -0.39 is 23.4 Å². The van der Waals surface area contributed by atoms with Gasteiger partial charge in [-0.05, 0) is 0 Å². The Balaban J connectivity index is 4.32. The Morgan fingerprint density at radius 2 is 1.42 bits per heavy atom. The van der Waals surface area contributed by atoms with Crippen LogP contribution in [0.4, 0.5) is 0 Å². The van der Waals surface area contributed by atoms with Crippen LogP contribution in [0.5, 0.6) is 0 Å². The van der Waals surface area contributed by atoms with Crippen molar-refractivity contribution >= 4 is 17.8 Å².